The summed E-state index contributed by atoms with van der Waals surface area (Å²) in [4.78, 5) is 24.8. The van der Waals surface area contributed by atoms with E-state index in [1.807, 2.05) is 0 Å². The number of likely N-dealkylation sites (tertiary alicyclic amines) is 1. The van der Waals surface area contributed by atoms with Gasteiger partial charge in [0.15, 0.2) is 0 Å². The summed E-state index contributed by atoms with van der Waals surface area (Å²) in [5, 5.41) is 10.7. The van der Waals surface area contributed by atoms with Crippen molar-refractivity contribution in [1.82, 2.24) is 4.90 Å². The summed E-state index contributed by atoms with van der Waals surface area (Å²) in [6, 6.07) is 5.91. The van der Waals surface area contributed by atoms with Crippen LogP contribution in [-0.2, 0) is 0 Å². The fourth-order valence-electron chi connectivity index (χ4n) is 2.24. The fraction of sp³-hybridized carbons (Fsp3) is 0.462. The molecule has 102 valence electrons. The number of hydrogen-bond donors (Lipinski definition) is 0. The summed E-state index contributed by atoms with van der Waals surface area (Å²) in [6.07, 6.45) is 0.905. The molecule has 19 heavy (non-hydrogen) atoms. The van der Waals surface area contributed by atoms with Crippen LogP contribution in [0.25, 0.3) is 0 Å². The number of nitro benzene ring substituents is 1. The third-order valence-corrected chi connectivity index (χ3v) is 4.75. The number of piperidine rings is 1. The van der Waals surface area contributed by atoms with Crippen LogP contribution in [0.5, 0.6) is 0 Å². The van der Waals surface area contributed by atoms with Crippen LogP contribution in [0.1, 0.15) is 23.7 Å². The molecule has 1 amide bonds. The van der Waals surface area contributed by atoms with Gasteiger partial charge in [0, 0.05) is 35.6 Å². The van der Waals surface area contributed by atoms with E-state index in [9.17, 15) is 14.9 Å². The highest BCUT2D eigenvalue weighted by atomic mass is 79.9. The van der Waals surface area contributed by atoms with Gasteiger partial charge in [-0.1, -0.05) is 28.9 Å². The van der Waals surface area contributed by atoms with Crippen LogP contribution in [0.4, 0.5) is 5.69 Å². The van der Waals surface area contributed by atoms with Gasteiger partial charge in [-0.3, -0.25) is 14.9 Å². The number of benzene rings is 1. The molecule has 0 N–H and O–H groups in total. The number of rotatable bonds is 2. The molecule has 0 bridgehead atoms. The Morgan fingerprint density at radius 3 is 2.89 bits per heavy atom. The molecule has 0 radical (unpaired) electrons. The lowest BCUT2D eigenvalue weighted by Crippen LogP contribution is -2.43. The number of halogens is 1. The van der Waals surface area contributed by atoms with Crippen LogP contribution < -0.4 is 0 Å². The number of nitro groups is 1. The fourth-order valence-corrected chi connectivity index (χ4v) is 2.61. The molecule has 1 saturated heterocycles. The average molecular weight is 327 g/mol. The van der Waals surface area contributed by atoms with E-state index in [0.717, 1.165) is 6.42 Å². The third kappa shape index (κ3) is 3.12. The first-order chi connectivity index (χ1) is 8.99. The summed E-state index contributed by atoms with van der Waals surface area (Å²) in [7, 11) is 0. The Balaban J connectivity index is 2.16. The predicted molar refractivity (Wildman–Crippen MR) is 75.5 cm³/mol. The quantitative estimate of drug-likeness (QED) is 0.477. The lowest BCUT2D eigenvalue weighted by Gasteiger charge is -2.34. The second kappa shape index (κ2) is 5.69. The maximum atomic E-state index is 12.3. The highest BCUT2D eigenvalue weighted by Crippen LogP contribution is 2.25. The molecule has 5 nitrogen and oxygen atoms in total. The summed E-state index contributed by atoms with van der Waals surface area (Å²) in [5.74, 6) is 0.256. The van der Waals surface area contributed by atoms with Crippen LogP contribution >= 0.6 is 15.9 Å². The van der Waals surface area contributed by atoms with Crippen LogP contribution in [0.2, 0.25) is 0 Å². The Kier molecular flexibility index (Phi) is 4.19. The van der Waals surface area contributed by atoms with E-state index >= 15 is 0 Å². The Morgan fingerprint density at radius 2 is 2.26 bits per heavy atom. The molecule has 1 aliphatic rings. The van der Waals surface area contributed by atoms with Crippen LogP contribution in [0.3, 0.4) is 0 Å². The minimum Gasteiger partial charge on any atom is -0.338 e. The van der Waals surface area contributed by atoms with Gasteiger partial charge < -0.3 is 4.90 Å². The Labute approximate surface area is 119 Å². The van der Waals surface area contributed by atoms with Crippen molar-refractivity contribution in [3.05, 3.63) is 39.9 Å². The first-order valence-corrected chi connectivity index (χ1v) is 7.08. The van der Waals surface area contributed by atoms with Gasteiger partial charge in [-0.2, -0.15) is 0 Å². The number of amides is 1. The van der Waals surface area contributed by atoms with Gasteiger partial charge in [0.25, 0.3) is 11.6 Å². The lowest BCUT2D eigenvalue weighted by atomic mass is 9.99. The molecule has 1 fully saturated rings. The second-order valence-electron chi connectivity index (χ2n) is 4.84. The lowest BCUT2D eigenvalue weighted by molar-refractivity contribution is -0.384. The van der Waals surface area contributed by atoms with Crippen molar-refractivity contribution in [3.8, 4) is 0 Å². The molecule has 2 atom stereocenters. The molecule has 1 heterocycles. The molecular formula is C13H15BrN2O3. The third-order valence-electron chi connectivity index (χ3n) is 3.39. The van der Waals surface area contributed by atoms with E-state index in [1.54, 1.807) is 17.0 Å². The second-order valence-corrected chi connectivity index (χ2v) is 6.02. The zero-order chi connectivity index (χ0) is 14.0. The molecule has 6 heteroatoms. The van der Waals surface area contributed by atoms with E-state index in [1.165, 1.54) is 12.1 Å². The van der Waals surface area contributed by atoms with Crippen LogP contribution in [0.15, 0.2) is 24.3 Å². The Hall–Kier alpha value is -1.43. The zero-order valence-electron chi connectivity index (χ0n) is 10.6. The zero-order valence-corrected chi connectivity index (χ0v) is 12.2. The number of carbonyl (C=O) groups excluding carboxylic acids is 1. The maximum absolute atomic E-state index is 12.3. The average Bonchev–Trinajstić information content (AvgIpc) is 2.41. The maximum Gasteiger partial charge on any atom is 0.270 e. The van der Waals surface area contributed by atoms with Gasteiger partial charge in [0.1, 0.15) is 0 Å². The van der Waals surface area contributed by atoms with E-state index in [0.29, 0.717) is 29.4 Å². The molecule has 0 aromatic heterocycles. The minimum absolute atomic E-state index is 0.0470. The summed E-state index contributed by atoms with van der Waals surface area (Å²) in [5.41, 5.74) is 0.337. The number of hydrogen-bond acceptors (Lipinski definition) is 3. The van der Waals surface area contributed by atoms with Gasteiger partial charge in [-0.15, -0.1) is 0 Å². The van der Waals surface area contributed by atoms with Gasteiger partial charge in [-0.25, -0.2) is 0 Å². The minimum atomic E-state index is -0.482. The Morgan fingerprint density at radius 1 is 1.53 bits per heavy atom. The molecule has 0 spiro atoms. The smallest absolute Gasteiger partial charge is 0.270 e. The topological polar surface area (TPSA) is 63.5 Å². The molecule has 1 aliphatic heterocycles. The number of carbonyl (C=O) groups is 1. The highest BCUT2D eigenvalue weighted by Gasteiger charge is 2.27. The van der Waals surface area contributed by atoms with Crippen molar-refractivity contribution in [2.45, 2.75) is 18.2 Å². The van der Waals surface area contributed by atoms with Gasteiger partial charge in [-0.05, 0) is 18.4 Å². The first-order valence-electron chi connectivity index (χ1n) is 6.17. The van der Waals surface area contributed by atoms with Crippen LogP contribution in [-0.4, -0.2) is 33.6 Å². The first kappa shape index (κ1) is 14.0. The van der Waals surface area contributed by atoms with E-state index in [2.05, 4.69) is 22.9 Å². The normalized spacial score (nSPS) is 23.2. The summed E-state index contributed by atoms with van der Waals surface area (Å²) >= 11 is 3.59. The SMILES string of the molecule is CC1CN(C(=O)c2cccc([N+](=O)[O-])c2)CCC1Br. The van der Waals surface area contributed by atoms with Crippen molar-refractivity contribution in [1.29, 1.82) is 0 Å². The summed E-state index contributed by atoms with van der Waals surface area (Å²) in [6.45, 7) is 3.45. The number of nitrogens with zero attached hydrogens (tertiary/aromatic N) is 2. The van der Waals surface area contributed by atoms with Gasteiger partial charge in [0.05, 0.1) is 4.92 Å². The molecular weight excluding hydrogens is 312 g/mol. The summed E-state index contributed by atoms with van der Waals surface area (Å²) < 4.78 is 0. The highest BCUT2D eigenvalue weighted by molar-refractivity contribution is 9.09. The van der Waals surface area contributed by atoms with Crippen molar-refractivity contribution in [2.75, 3.05) is 13.1 Å². The van der Waals surface area contributed by atoms with Crippen molar-refractivity contribution < 1.29 is 9.72 Å². The van der Waals surface area contributed by atoms with E-state index in [-0.39, 0.29) is 11.6 Å². The van der Waals surface area contributed by atoms with Crippen molar-refractivity contribution in [3.63, 3.8) is 0 Å². The molecule has 2 unspecified atom stereocenters. The molecule has 0 saturated carbocycles. The van der Waals surface area contributed by atoms with E-state index in [4.69, 9.17) is 0 Å². The molecule has 2 rings (SSSR count). The van der Waals surface area contributed by atoms with E-state index < -0.39 is 4.92 Å². The molecule has 0 aliphatic carbocycles. The number of alkyl halides is 1. The van der Waals surface area contributed by atoms with Crippen LogP contribution in [0, 0.1) is 16.0 Å². The van der Waals surface area contributed by atoms with Gasteiger partial charge >= 0.3 is 0 Å². The predicted octanol–water partition coefficient (Wildman–Crippen LogP) is 2.84. The standard InChI is InChI=1S/C13H15BrN2O3/c1-9-8-15(6-5-12(9)14)13(17)10-3-2-4-11(7-10)16(18)19/h2-4,7,9,12H,5-6,8H2,1H3. The monoisotopic (exact) mass is 326 g/mol. The van der Waals surface area contributed by atoms with Crippen molar-refractivity contribution in [2.24, 2.45) is 5.92 Å². The molecule has 1 aromatic rings. The van der Waals surface area contributed by atoms with Gasteiger partial charge in [0.2, 0.25) is 0 Å². The number of non-ortho nitro benzene ring substituents is 1. The Bertz CT molecular complexity index is 506. The largest absolute Gasteiger partial charge is 0.338 e. The molecule has 1 aromatic carbocycles. The van der Waals surface area contributed by atoms with Crippen molar-refractivity contribution >= 4 is 27.5 Å².